The minimum absolute atomic E-state index is 0.0707. The molecule has 1 heterocycles. The summed E-state index contributed by atoms with van der Waals surface area (Å²) in [6.07, 6.45) is 8.49. The van der Waals surface area contributed by atoms with Crippen LogP contribution in [0.3, 0.4) is 0 Å². The van der Waals surface area contributed by atoms with Crippen LogP contribution in [0.1, 0.15) is 46.3 Å². The van der Waals surface area contributed by atoms with Crippen molar-refractivity contribution in [3.05, 3.63) is 88.6 Å². The standard InChI is InChI=1S/C24H25NO/c1-18-8-10-20(11-9-18)24(26)15-13-22-21-7-3-2-6-19(21)12-14-23(22)25-16-4-5-17-25/h2-3,6-11,13,15H,4-5,12,14,16-17H2,1H3/b15-13+. The van der Waals surface area contributed by atoms with Gasteiger partial charge in [-0.15, -0.1) is 0 Å². The summed E-state index contributed by atoms with van der Waals surface area (Å²) in [5, 5.41) is 0. The van der Waals surface area contributed by atoms with Gasteiger partial charge in [0.05, 0.1) is 0 Å². The van der Waals surface area contributed by atoms with Crippen LogP contribution in [0.5, 0.6) is 0 Å². The summed E-state index contributed by atoms with van der Waals surface area (Å²) in [5.74, 6) is 0.0707. The molecule has 26 heavy (non-hydrogen) atoms. The molecule has 0 saturated carbocycles. The molecule has 0 unspecified atom stereocenters. The van der Waals surface area contributed by atoms with Crippen LogP contribution < -0.4 is 0 Å². The molecule has 2 heteroatoms. The number of carbonyl (C=O) groups is 1. The smallest absolute Gasteiger partial charge is 0.185 e. The second-order valence-electron chi connectivity index (χ2n) is 7.28. The average Bonchev–Trinajstić information content (AvgIpc) is 3.21. The Hall–Kier alpha value is -2.61. The first-order valence-electron chi connectivity index (χ1n) is 9.58. The predicted octanol–water partition coefficient (Wildman–Crippen LogP) is 5.19. The number of likely N-dealkylation sites (tertiary alicyclic amines) is 1. The molecule has 132 valence electrons. The van der Waals surface area contributed by atoms with E-state index in [-0.39, 0.29) is 5.78 Å². The maximum Gasteiger partial charge on any atom is 0.185 e. The third-order valence-electron chi connectivity index (χ3n) is 5.47. The van der Waals surface area contributed by atoms with Crippen molar-refractivity contribution in [1.29, 1.82) is 0 Å². The molecule has 1 saturated heterocycles. The summed E-state index contributed by atoms with van der Waals surface area (Å²) in [6, 6.07) is 16.4. The molecule has 2 aromatic rings. The first-order valence-corrected chi connectivity index (χ1v) is 9.58. The largest absolute Gasteiger partial charge is 0.374 e. The Balaban J connectivity index is 1.69. The van der Waals surface area contributed by atoms with Crippen LogP contribution in [0.15, 0.2) is 66.4 Å². The summed E-state index contributed by atoms with van der Waals surface area (Å²) in [4.78, 5) is 15.1. The van der Waals surface area contributed by atoms with Gasteiger partial charge >= 0.3 is 0 Å². The van der Waals surface area contributed by atoms with E-state index in [1.807, 2.05) is 37.3 Å². The van der Waals surface area contributed by atoms with Crippen LogP contribution in [0.2, 0.25) is 0 Å². The summed E-state index contributed by atoms with van der Waals surface area (Å²) in [5.41, 5.74) is 7.24. The molecule has 1 fully saturated rings. The van der Waals surface area contributed by atoms with E-state index in [1.165, 1.54) is 40.8 Å². The van der Waals surface area contributed by atoms with E-state index >= 15 is 0 Å². The number of ketones is 1. The number of hydrogen-bond acceptors (Lipinski definition) is 2. The number of aryl methyl sites for hydroxylation is 2. The van der Waals surface area contributed by atoms with Crippen LogP contribution >= 0.6 is 0 Å². The highest BCUT2D eigenvalue weighted by Gasteiger charge is 2.23. The van der Waals surface area contributed by atoms with E-state index < -0.39 is 0 Å². The van der Waals surface area contributed by atoms with Crippen molar-refractivity contribution in [2.75, 3.05) is 13.1 Å². The van der Waals surface area contributed by atoms with E-state index in [2.05, 4.69) is 29.2 Å². The lowest BCUT2D eigenvalue weighted by molar-refractivity contribution is 0.104. The molecule has 0 aromatic heterocycles. The molecule has 1 aliphatic carbocycles. The molecular formula is C24H25NO. The monoisotopic (exact) mass is 343 g/mol. The fourth-order valence-electron chi connectivity index (χ4n) is 4.02. The lowest BCUT2D eigenvalue weighted by Crippen LogP contribution is -2.22. The Morgan fingerprint density at radius 1 is 0.962 bits per heavy atom. The summed E-state index contributed by atoms with van der Waals surface area (Å²) in [7, 11) is 0. The van der Waals surface area contributed by atoms with E-state index in [0.29, 0.717) is 0 Å². The van der Waals surface area contributed by atoms with Crippen LogP contribution in [-0.4, -0.2) is 23.8 Å². The van der Waals surface area contributed by atoms with Gasteiger partial charge in [-0.3, -0.25) is 4.79 Å². The number of benzene rings is 2. The van der Waals surface area contributed by atoms with Gasteiger partial charge in [0.25, 0.3) is 0 Å². The van der Waals surface area contributed by atoms with Crippen molar-refractivity contribution < 1.29 is 4.79 Å². The Bertz CT molecular complexity index is 867. The first kappa shape index (κ1) is 16.8. The number of allylic oxidation sites excluding steroid dienone is 4. The zero-order valence-corrected chi connectivity index (χ0v) is 15.4. The Morgan fingerprint density at radius 2 is 1.69 bits per heavy atom. The van der Waals surface area contributed by atoms with Crippen molar-refractivity contribution in [3.63, 3.8) is 0 Å². The third kappa shape index (κ3) is 3.37. The fraction of sp³-hybridized carbons (Fsp3) is 0.292. The highest BCUT2D eigenvalue weighted by atomic mass is 16.1. The van der Waals surface area contributed by atoms with Gasteiger partial charge in [0.1, 0.15) is 0 Å². The van der Waals surface area contributed by atoms with Crippen LogP contribution in [0.25, 0.3) is 5.57 Å². The molecular weight excluding hydrogens is 318 g/mol. The Morgan fingerprint density at radius 3 is 2.46 bits per heavy atom. The van der Waals surface area contributed by atoms with Crippen molar-refractivity contribution in [2.45, 2.75) is 32.6 Å². The summed E-state index contributed by atoms with van der Waals surface area (Å²) < 4.78 is 0. The lowest BCUT2D eigenvalue weighted by Gasteiger charge is -2.29. The van der Waals surface area contributed by atoms with Crippen LogP contribution in [-0.2, 0) is 6.42 Å². The van der Waals surface area contributed by atoms with Crippen molar-refractivity contribution >= 4 is 11.4 Å². The SMILES string of the molecule is Cc1ccc(C(=O)/C=C/C2=C(N3CCCC3)CCc3ccccc32)cc1. The maximum atomic E-state index is 12.6. The van der Waals surface area contributed by atoms with Crippen molar-refractivity contribution in [2.24, 2.45) is 0 Å². The zero-order chi connectivity index (χ0) is 17.9. The molecule has 2 aliphatic rings. The molecule has 0 radical (unpaired) electrons. The first-order chi connectivity index (χ1) is 12.7. The quantitative estimate of drug-likeness (QED) is 0.563. The zero-order valence-electron chi connectivity index (χ0n) is 15.4. The molecule has 0 N–H and O–H groups in total. The molecule has 2 nitrogen and oxygen atoms in total. The highest BCUT2D eigenvalue weighted by Crippen LogP contribution is 2.35. The van der Waals surface area contributed by atoms with E-state index in [9.17, 15) is 4.79 Å². The molecule has 2 aromatic carbocycles. The number of rotatable bonds is 4. The maximum absolute atomic E-state index is 12.6. The minimum Gasteiger partial charge on any atom is -0.374 e. The van der Waals surface area contributed by atoms with E-state index in [4.69, 9.17) is 0 Å². The minimum atomic E-state index is 0.0707. The second-order valence-corrected chi connectivity index (χ2v) is 7.28. The number of hydrogen-bond donors (Lipinski definition) is 0. The topological polar surface area (TPSA) is 20.3 Å². The van der Waals surface area contributed by atoms with Gasteiger partial charge in [0, 0.05) is 29.9 Å². The lowest BCUT2D eigenvalue weighted by atomic mass is 9.87. The summed E-state index contributed by atoms with van der Waals surface area (Å²) in [6.45, 7) is 4.32. The van der Waals surface area contributed by atoms with Crippen LogP contribution in [0, 0.1) is 6.92 Å². The van der Waals surface area contributed by atoms with Gasteiger partial charge < -0.3 is 4.90 Å². The van der Waals surface area contributed by atoms with E-state index in [0.717, 1.165) is 31.5 Å². The highest BCUT2D eigenvalue weighted by molar-refractivity contribution is 6.06. The Kier molecular flexibility index (Phi) is 4.75. The van der Waals surface area contributed by atoms with Gasteiger partial charge in [-0.2, -0.15) is 0 Å². The Labute approximate surface area is 155 Å². The third-order valence-corrected chi connectivity index (χ3v) is 5.47. The molecule has 0 amide bonds. The van der Waals surface area contributed by atoms with Gasteiger partial charge in [-0.25, -0.2) is 0 Å². The van der Waals surface area contributed by atoms with Gasteiger partial charge in [0.2, 0.25) is 0 Å². The average molecular weight is 343 g/mol. The molecule has 0 atom stereocenters. The number of nitrogens with zero attached hydrogens (tertiary/aromatic N) is 1. The van der Waals surface area contributed by atoms with Crippen molar-refractivity contribution in [3.8, 4) is 0 Å². The number of carbonyl (C=O) groups excluding carboxylic acids is 1. The second kappa shape index (κ2) is 7.33. The van der Waals surface area contributed by atoms with Crippen LogP contribution in [0.4, 0.5) is 0 Å². The molecule has 0 spiro atoms. The molecule has 1 aliphatic heterocycles. The van der Waals surface area contributed by atoms with Gasteiger partial charge in [-0.1, -0.05) is 54.1 Å². The predicted molar refractivity (Wildman–Crippen MR) is 107 cm³/mol. The van der Waals surface area contributed by atoms with Crippen molar-refractivity contribution in [1.82, 2.24) is 4.90 Å². The summed E-state index contributed by atoms with van der Waals surface area (Å²) >= 11 is 0. The molecule has 4 rings (SSSR count). The van der Waals surface area contributed by atoms with Gasteiger partial charge in [-0.05, 0) is 55.9 Å². The molecule has 0 bridgehead atoms. The normalized spacial score (nSPS) is 17.0. The van der Waals surface area contributed by atoms with E-state index in [1.54, 1.807) is 6.08 Å². The number of fused-ring (bicyclic) bond motifs is 1. The fourth-order valence-corrected chi connectivity index (χ4v) is 4.02. The van der Waals surface area contributed by atoms with Gasteiger partial charge in [0.15, 0.2) is 5.78 Å².